The summed E-state index contributed by atoms with van der Waals surface area (Å²) in [6.07, 6.45) is 7.15. The molecule has 3 aromatic heterocycles. The van der Waals surface area contributed by atoms with E-state index in [2.05, 4.69) is 25.0 Å². The van der Waals surface area contributed by atoms with Crippen LogP contribution in [-0.2, 0) is 14.8 Å². The zero-order chi connectivity index (χ0) is 21.4. The topological polar surface area (TPSA) is 114 Å². The van der Waals surface area contributed by atoms with Gasteiger partial charge in [0.1, 0.15) is 0 Å². The number of rotatable bonds is 6. The van der Waals surface area contributed by atoms with Gasteiger partial charge in [0.2, 0.25) is 5.91 Å². The van der Waals surface area contributed by atoms with Crippen LogP contribution in [0.1, 0.15) is 17.9 Å². The number of carbonyl (C=O) groups is 1. The summed E-state index contributed by atoms with van der Waals surface area (Å²) < 4.78 is 28.5. The summed E-state index contributed by atoms with van der Waals surface area (Å²) in [5.41, 5.74) is 2.19. The Labute approximate surface area is 182 Å². The molecule has 1 aromatic carbocycles. The van der Waals surface area contributed by atoms with Crippen molar-refractivity contribution in [3.63, 3.8) is 0 Å². The lowest BCUT2D eigenvalue weighted by Gasteiger charge is -2.08. The van der Waals surface area contributed by atoms with Crippen molar-refractivity contribution in [2.24, 2.45) is 5.92 Å². The first-order valence-corrected chi connectivity index (χ1v) is 11.8. The molecule has 5 rings (SSSR count). The molecule has 2 N–H and O–H groups in total. The molecular formula is C21H17N5O3S2. The molecule has 0 saturated heterocycles. The number of benzene rings is 1. The molecule has 156 valence electrons. The van der Waals surface area contributed by atoms with Crippen molar-refractivity contribution in [1.29, 1.82) is 0 Å². The third-order valence-electron chi connectivity index (χ3n) is 5.10. The first-order valence-electron chi connectivity index (χ1n) is 9.54. The summed E-state index contributed by atoms with van der Waals surface area (Å²) in [6.45, 7) is 0. The fourth-order valence-electron chi connectivity index (χ4n) is 3.41. The van der Waals surface area contributed by atoms with Crippen LogP contribution in [0.5, 0.6) is 0 Å². The van der Waals surface area contributed by atoms with Gasteiger partial charge in [-0.25, -0.2) is 13.4 Å². The van der Waals surface area contributed by atoms with Crippen molar-refractivity contribution in [1.82, 2.24) is 15.0 Å². The number of nitrogens with one attached hydrogen (secondary N) is 2. The van der Waals surface area contributed by atoms with Crippen LogP contribution in [0, 0.1) is 5.92 Å². The van der Waals surface area contributed by atoms with Crippen molar-refractivity contribution < 1.29 is 13.2 Å². The Hall–Kier alpha value is -3.37. The average molecular weight is 452 g/mol. The van der Waals surface area contributed by atoms with E-state index in [0.29, 0.717) is 10.8 Å². The number of nitrogens with zero attached hydrogens (tertiary/aromatic N) is 3. The molecule has 0 spiro atoms. The van der Waals surface area contributed by atoms with E-state index in [1.165, 1.54) is 23.7 Å². The minimum Gasteiger partial charge on any atom is -0.302 e. The van der Waals surface area contributed by atoms with Crippen molar-refractivity contribution in [2.75, 3.05) is 10.0 Å². The Morgan fingerprint density at radius 2 is 1.74 bits per heavy atom. The molecule has 1 aliphatic carbocycles. The van der Waals surface area contributed by atoms with Gasteiger partial charge in [-0.3, -0.25) is 19.5 Å². The van der Waals surface area contributed by atoms with Gasteiger partial charge in [-0.1, -0.05) is 23.5 Å². The summed E-state index contributed by atoms with van der Waals surface area (Å²) in [5, 5.41) is 3.44. The molecule has 4 aromatic rings. The second-order valence-corrected chi connectivity index (χ2v) is 9.92. The number of pyridine rings is 2. The molecule has 0 bridgehead atoms. The molecule has 1 saturated carbocycles. The van der Waals surface area contributed by atoms with Crippen molar-refractivity contribution in [3.8, 4) is 0 Å². The van der Waals surface area contributed by atoms with E-state index >= 15 is 0 Å². The molecule has 3 heterocycles. The maximum Gasteiger partial charge on any atom is 0.261 e. The number of amides is 1. The predicted molar refractivity (Wildman–Crippen MR) is 118 cm³/mol. The second kappa shape index (κ2) is 7.71. The third-order valence-corrected chi connectivity index (χ3v) is 7.42. The van der Waals surface area contributed by atoms with Gasteiger partial charge in [0.05, 0.1) is 20.8 Å². The monoisotopic (exact) mass is 451 g/mol. The lowest BCUT2D eigenvalue weighted by Crippen LogP contribution is -2.14. The lowest BCUT2D eigenvalue weighted by molar-refractivity contribution is -0.117. The van der Waals surface area contributed by atoms with Crippen molar-refractivity contribution in [3.05, 3.63) is 72.8 Å². The molecule has 1 aliphatic rings. The Morgan fingerprint density at radius 3 is 2.48 bits per heavy atom. The summed E-state index contributed by atoms with van der Waals surface area (Å²) >= 11 is 1.39. The van der Waals surface area contributed by atoms with E-state index in [-0.39, 0.29) is 22.6 Å². The molecule has 0 aliphatic heterocycles. The van der Waals surface area contributed by atoms with E-state index < -0.39 is 10.0 Å². The Kier molecular flexibility index (Phi) is 4.87. The molecule has 0 radical (unpaired) electrons. The SMILES string of the molecule is O=C(Nc1nc2ccncc2s1)C1CC1c1ccc(S(=O)(=O)Nc2ccncc2)cc1. The first-order chi connectivity index (χ1) is 15.0. The molecule has 2 unspecified atom stereocenters. The second-order valence-electron chi connectivity index (χ2n) is 7.21. The molecule has 1 fully saturated rings. The maximum absolute atomic E-state index is 12.6. The Balaban J connectivity index is 1.24. The average Bonchev–Trinajstić information content (AvgIpc) is 3.47. The maximum atomic E-state index is 12.6. The molecule has 31 heavy (non-hydrogen) atoms. The van der Waals surface area contributed by atoms with Gasteiger partial charge < -0.3 is 5.32 Å². The highest BCUT2D eigenvalue weighted by Gasteiger charge is 2.44. The normalized spacial score (nSPS) is 17.9. The minimum atomic E-state index is -3.69. The third kappa shape index (κ3) is 4.12. The van der Waals surface area contributed by atoms with Crippen LogP contribution < -0.4 is 10.0 Å². The Bertz CT molecular complexity index is 1320. The fourth-order valence-corrected chi connectivity index (χ4v) is 5.31. The smallest absolute Gasteiger partial charge is 0.261 e. The van der Waals surface area contributed by atoms with Crippen LogP contribution in [0.4, 0.5) is 10.8 Å². The standard InChI is InChI=1S/C21H17N5O3S2/c27-20(25-21-24-18-7-10-23-12-19(18)30-21)17-11-16(17)13-1-3-15(4-2-13)31(28,29)26-14-5-8-22-9-6-14/h1-10,12,16-17H,11H2,(H,22,26)(H,24,25,27). The summed E-state index contributed by atoms with van der Waals surface area (Å²) in [5.74, 6) is -0.156. The van der Waals surface area contributed by atoms with Gasteiger partial charge >= 0.3 is 0 Å². The van der Waals surface area contributed by atoms with Crippen LogP contribution >= 0.6 is 11.3 Å². The van der Waals surface area contributed by atoms with Gasteiger partial charge in [-0.2, -0.15) is 0 Å². The van der Waals surface area contributed by atoms with E-state index in [0.717, 1.165) is 22.2 Å². The number of hydrogen-bond donors (Lipinski definition) is 2. The number of sulfonamides is 1. The van der Waals surface area contributed by atoms with Crippen LogP contribution in [0.2, 0.25) is 0 Å². The highest BCUT2D eigenvalue weighted by Crippen LogP contribution is 2.48. The van der Waals surface area contributed by atoms with Gasteiger partial charge in [-0.15, -0.1) is 0 Å². The van der Waals surface area contributed by atoms with Crippen LogP contribution in [0.25, 0.3) is 10.2 Å². The number of hydrogen-bond acceptors (Lipinski definition) is 7. The molecule has 8 nitrogen and oxygen atoms in total. The number of fused-ring (bicyclic) bond motifs is 1. The number of thiazole rings is 1. The van der Waals surface area contributed by atoms with Crippen molar-refractivity contribution in [2.45, 2.75) is 17.2 Å². The zero-order valence-electron chi connectivity index (χ0n) is 16.1. The predicted octanol–water partition coefficient (Wildman–Crippen LogP) is 3.63. The van der Waals surface area contributed by atoms with E-state index in [9.17, 15) is 13.2 Å². The minimum absolute atomic E-state index is 0.0703. The van der Waals surface area contributed by atoms with E-state index in [1.54, 1.807) is 54.9 Å². The molecular weight excluding hydrogens is 434 g/mol. The summed E-state index contributed by atoms with van der Waals surface area (Å²) in [7, 11) is -3.69. The van der Waals surface area contributed by atoms with Gasteiger partial charge in [-0.05, 0) is 48.2 Å². The first kappa shape index (κ1) is 19.6. The fraction of sp³-hybridized carbons (Fsp3) is 0.143. The quantitative estimate of drug-likeness (QED) is 0.463. The number of anilines is 2. The van der Waals surface area contributed by atoms with Gasteiger partial charge in [0, 0.05) is 30.7 Å². The molecule has 2 atom stereocenters. The van der Waals surface area contributed by atoms with E-state index in [1.807, 2.05) is 0 Å². The largest absolute Gasteiger partial charge is 0.302 e. The lowest BCUT2D eigenvalue weighted by atomic mass is 10.1. The Morgan fingerprint density at radius 1 is 1.00 bits per heavy atom. The number of aromatic nitrogens is 3. The highest BCUT2D eigenvalue weighted by atomic mass is 32.2. The number of carbonyl (C=O) groups excluding carboxylic acids is 1. The van der Waals surface area contributed by atoms with Gasteiger partial charge in [0.25, 0.3) is 10.0 Å². The van der Waals surface area contributed by atoms with E-state index in [4.69, 9.17) is 0 Å². The van der Waals surface area contributed by atoms with Gasteiger partial charge in [0.15, 0.2) is 5.13 Å². The van der Waals surface area contributed by atoms with Crippen LogP contribution in [-0.4, -0.2) is 29.3 Å². The van der Waals surface area contributed by atoms with Crippen molar-refractivity contribution >= 4 is 48.3 Å². The van der Waals surface area contributed by atoms with Crippen LogP contribution in [0.15, 0.2) is 72.1 Å². The zero-order valence-corrected chi connectivity index (χ0v) is 17.7. The highest BCUT2D eigenvalue weighted by molar-refractivity contribution is 7.92. The van der Waals surface area contributed by atoms with Crippen LogP contribution in [0.3, 0.4) is 0 Å². The summed E-state index contributed by atoms with van der Waals surface area (Å²) in [6, 6.07) is 11.6. The molecule has 1 amide bonds. The summed E-state index contributed by atoms with van der Waals surface area (Å²) in [4.78, 5) is 25.1. The molecule has 10 heteroatoms.